The van der Waals surface area contributed by atoms with Crippen molar-refractivity contribution in [1.82, 2.24) is 9.29 Å². The summed E-state index contributed by atoms with van der Waals surface area (Å²) in [4.78, 5) is 31.3. The van der Waals surface area contributed by atoms with Crippen LogP contribution in [0.3, 0.4) is 0 Å². The second-order valence-corrected chi connectivity index (χ2v) is 11.8. The van der Waals surface area contributed by atoms with E-state index in [1.807, 2.05) is 12.1 Å². The molecule has 212 valence electrons. The fourth-order valence-corrected chi connectivity index (χ4v) is 7.13. The number of piperidine rings is 1. The van der Waals surface area contributed by atoms with Gasteiger partial charge in [-0.3, -0.25) is 14.6 Å². The second kappa shape index (κ2) is 10.9. The number of nitrogens with zero attached hydrogens (tertiary/aromatic N) is 3. The molecule has 3 aromatic rings. The predicted molar refractivity (Wildman–Crippen MR) is 142 cm³/mol. The zero-order valence-corrected chi connectivity index (χ0v) is 22.6. The number of carbonyl (C=O) groups is 2. The molecule has 1 unspecified atom stereocenters. The number of anilines is 1. The van der Waals surface area contributed by atoms with Gasteiger partial charge in [0.25, 0.3) is 5.91 Å². The van der Waals surface area contributed by atoms with Crippen LogP contribution in [0.5, 0.6) is 0 Å². The average molecular weight is 576 g/mol. The summed E-state index contributed by atoms with van der Waals surface area (Å²) in [6.07, 6.45) is -1.93. The van der Waals surface area contributed by atoms with E-state index in [1.54, 1.807) is 30.2 Å². The van der Waals surface area contributed by atoms with E-state index in [1.165, 1.54) is 0 Å². The Kier molecular flexibility index (Phi) is 7.68. The van der Waals surface area contributed by atoms with Crippen LogP contribution in [-0.2, 0) is 32.2 Å². The number of halogens is 3. The van der Waals surface area contributed by atoms with Crippen LogP contribution in [0, 0.1) is 0 Å². The van der Waals surface area contributed by atoms with E-state index in [0.29, 0.717) is 62.2 Å². The van der Waals surface area contributed by atoms with E-state index >= 15 is 0 Å². The van der Waals surface area contributed by atoms with Gasteiger partial charge >= 0.3 is 6.18 Å². The van der Waals surface area contributed by atoms with Gasteiger partial charge in [-0.15, -0.1) is 0 Å². The molecule has 2 aromatic carbocycles. The SMILES string of the molecule is COCCCN1C(=O)c2cccc3c(CC(=O)C4CCCCN4S(=O)(=O)c4ccc(C(F)(F)F)nc4)ccc1c23. The summed E-state index contributed by atoms with van der Waals surface area (Å²) in [5.41, 5.74) is 0.798. The van der Waals surface area contributed by atoms with Crippen molar-refractivity contribution in [3.05, 3.63) is 65.5 Å². The van der Waals surface area contributed by atoms with Crippen molar-refractivity contribution >= 4 is 38.2 Å². The van der Waals surface area contributed by atoms with E-state index in [0.717, 1.165) is 26.8 Å². The van der Waals surface area contributed by atoms with Crippen molar-refractivity contribution < 1.29 is 35.9 Å². The lowest BCUT2D eigenvalue weighted by atomic mass is 9.93. The molecule has 1 atom stereocenters. The Labute approximate surface area is 229 Å². The molecule has 0 saturated carbocycles. The molecule has 3 heterocycles. The Balaban J connectivity index is 1.42. The first-order valence-corrected chi connectivity index (χ1v) is 14.4. The number of hydrogen-bond donors (Lipinski definition) is 0. The molecule has 0 aliphatic carbocycles. The molecule has 1 aromatic heterocycles. The van der Waals surface area contributed by atoms with Crippen LogP contribution >= 0.6 is 0 Å². The van der Waals surface area contributed by atoms with Crippen LogP contribution in [0.15, 0.2) is 53.6 Å². The summed E-state index contributed by atoms with van der Waals surface area (Å²) >= 11 is 0. The Hall–Kier alpha value is -3.35. The van der Waals surface area contributed by atoms with Crippen molar-refractivity contribution in [2.24, 2.45) is 0 Å². The zero-order chi connectivity index (χ0) is 28.7. The number of alkyl halides is 3. The topological polar surface area (TPSA) is 96.9 Å². The molecule has 0 radical (unpaired) electrons. The molecule has 1 fully saturated rings. The molecular weight excluding hydrogens is 547 g/mol. The van der Waals surface area contributed by atoms with Gasteiger partial charge < -0.3 is 9.64 Å². The summed E-state index contributed by atoms with van der Waals surface area (Å²) in [5, 5.41) is 1.52. The molecule has 2 aliphatic heterocycles. The monoisotopic (exact) mass is 575 g/mol. The van der Waals surface area contributed by atoms with Crippen LogP contribution < -0.4 is 4.90 Å². The van der Waals surface area contributed by atoms with Crippen molar-refractivity contribution in [1.29, 1.82) is 0 Å². The largest absolute Gasteiger partial charge is 0.433 e. The number of rotatable bonds is 9. The normalized spacial score (nSPS) is 18.1. The van der Waals surface area contributed by atoms with Crippen LogP contribution in [-0.4, -0.2) is 62.2 Å². The van der Waals surface area contributed by atoms with E-state index < -0.39 is 32.8 Å². The molecule has 12 heteroatoms. The van der Waals surface area contributed by atoms with Crippen LogP contribution in [0.25, 0.3) is 10.8 Å². The lowest BCUT2D eigenvalue weighted by Crippen LogP contribution is -2.48. The average Bonchev–Trinajstić information content (AvgIpc) is 3.21. The summed E-state index contributed by atoms with van der Waals surface area (Å²) in [6.45, 7) is 1.08. The molecule has 0 bridgehead atoms. The highest BCUT2D eigenvalue weighted by Crippen LogP contribution is 2.39. The third-order valence-electron chi connectivity index (χ3n) is 7.43. The number of ether oxygens (including phenoxy) is 1. The van der Waals surface area contributed by atoms with E-state index in [4.69, 9.17) is 4.74 Å². The summed E-state index contributed by atoms with van der Waals surface area (Å²) in [7, 11) is -2.66. The molecule has 40 heavy (non-hydrogen) atoms. The number of benzene rings is 2. The highest BCUT2D eigenvalue weighted by molar-refractivity contribution is 7.89. The minimum absolute atomic E-state index is 0.0555. The molecule has 1 saturated heterocycles. The van der Waals surface area contributed by atoms with Crippen LogP contribution in [0.1, 0.15) is 47.3 Å². The number of methoxy groups -OCH3 is 1. The Bertz CT molecular complexity index is 1560. The number of amides is 1. The number of Topliss-reactive ketones (excluding diaryl/α,β-unsaturated/α-hetero) is 1. The summed E-state index contributed by atoms with van der Waals surface area (Å²) < 4.78 is 71.8. The maximum absolute atomic E-state index is 13.6. The molecular formula is C28H28F3N3O5S. The van der Waals surface area contributed by atoms with Gasteiger partial charge in [-0.1, -0.05) is 24.6 Å². The first-order chi connectivity index (χ1) is 19.0. The number of carbonyl (C=O) groups excluding carboxylic acids is 2. The zero-order valence-electron chi connectivity index (χ0n) is 21.8. The fraction of sp³-hybridized carbons (Fsp3) is 0.393. The minimum atomic E-state index is -4.70. The highest BCUT2D eigenvalue weighted by atomic mass is 32.2. The summed E-state index contributed by atoms with van der Waals surface area (Å²) in [6, 6.07) is 9.51. The van der Waals surface area contributed by atoms with Gasteiger partial charge in [-0.05, 0) is 54.5 Å². The Morgan fingerprint density at radius 1 is 1.12 bits per heavy atom. The number of hydrogen-bond acceptors (Lipinski definition) is 6. The second-order valence-electron chi connectivity index (χ2n) is 9.92. The minimum Gasteiger partial charge on any atom is -0.385 e. The third-order valence-corrected chi connectivity index (χ3v) is 9.32. The molecule has 8 nitrogen and oxygen atoms in total. The van der Waals surface area contributed by atoms with Crippen LogP contribution in [0.2, 0.25) is 0 Å². The van der Waals surface area contributed by atoms with Crippen molar-refractivity contribution in [2.45, 2.75) is 49.2 Å². The number of aromatic nitrogens is 1. The van der Waals surface area contributed by atoms with E-state index in [9.17, 15) is 31.2 Å². The Morgan fingerprint density at radius 3 is 2.62 bits per heavy atom. The quantitative estimate of drug-likeness (QED) is 0.346. The van der Waals surface area contributed by atoms with Crippen molar-refractivity contribution in [3.63, 3.8) is 0 Å². The molecule has 5 rings (SSSR count). The summed E-state index contributed by atoms with van der Waals surface area (Å²) in [5.74, 6) is -0.431. The fourth-order valence-electron chi connectivity index (χ4n) is 5.51. The standard InChI is InChI=1S/C28H28F3N3O5S/c1-39-15-5-13-33-23-11-9-18(20-6-4-7-21(26(20)23)27(33)36)16-24(35)22-8-2-3-14-34(22)40(37,38)19-10-12-25(32-17-19)28(29,30)31/h4,6-7,9-12,17,22H,2-3,5,8,13-16H2,1H3. The lowest BCUT2D eigenvalue weighted by molar-refractivity contribution is -0.141. The molecule has 1 amide bonds. The number of sulfonamides is 1. The highest BCUT2D eigenvalue weighted by Gasteiger charge is 2.39. The van der Waals surface area contributed by atoms with Gasteiger partial charge in [-0.2, -0.15) is 17.5 Å². The first kappa shape index (κ1) is 28.2. The van der Waals surface area contributed by atoms with Crippen molar-refractivity contribution in [3.8, 4) is 0 Å². The number of pyridine rings is 1. The van der Waals surface area contributed by atoms with E-state index in [2.05, 4.69) is 4.98 Å². The smallest absolute Gasteiger partial charge is 0.385 e. The number of ketones is 1. The maximum Gasteiger partial charge on any atom is 0.433 e. The van der Waals surface area contributed by atoms with Crippen LogP contribution in [0.4, 0.5) is 18.9 Å². The van der Waals surface area contributed by atoms with Gasteiger partial charge in [0.05, 0.1) is 11.7 Å². The molecule has 2 aliphatic rings. The Morgan fingerprint density at radius 2 is 1.93 bits per heavy atom. The predicted octanol–water partition coefficient (Wildman–Crippen LogP) is 4.61. The first-order valence-electron chi connectivity index (χ1n) is 13.0. The third kappa shape index (κ3) is 5.11. The lowest BCUT2D eigenvalue weighted by Gasteiger charge is -2.33. The van der Waals surface area contributed by atoms with Gasteiger partial charge in [0, 0.05) is 50.4 Å². The van der Waals surface area contributed by atoms with Gasteiger partial charge in [0.15, 0.2) is 5.78 Å². The van der Waals surface area contributed by atoms with Crippen molar-refractivity contribution in [2.75, 3.05) is 31.7 Å². The molecule has 0 spiro atoms. The van der Waals surface area contributed by atoms with Gasteiger partial charge in [0.1, 0.15) is 10.6 Å². The van der Waals surface area contributed by atoms with Gasteiger partial charge in [-0.25, -0.2) is 8.42 Å². The maximum atomic E-state index is 13.6. The van der Waals surface area contributed by atoms with E-state index in [-0.39, 0.29) is 24.7 Å². The van der Waals surface area contributed by atoms with Gasteiger partial charge in [0.2, 0.25) is 10.0 Å². The molecule has 0 N–H and O–H groups in total.